The molecule has 0 radical (unpaired) electrons. The Kier molecular flexibility index (Phi) is 3.70. The van der Waals surface area contributed by atoms with Crippen LogP contribution in [0.15, 0.2) is 36.5 Å². The topological polar surface area (TPSA) is 25.2 Å². The lowest BCUT2D eigenvalue weighted by Gasteiger charge is -2.24. The van der Waals surface area contributed by atoms with Crippen LogP contribution in [-0.2, 0) is 4.79 Å². The van der Waals surface area contributed by atoms with Gasteiger partial charge in [-0.05, 0) is 38.3 Å². The number of benzene rings is 1. The maximum atomic E-state index is 12.4. The molecule has 1 atom stereocenters. The molecule has 0 saturated carbocycles. The van der Waals surface area contributed by atoms with E-state index in [-0.39, 0.29) is 11.9 Å². The lowest BCUT2D eigenvalue weighted by atomic mass is 10.2. The molecule has 0 bridgehead atoms. The number of hydrogen-bond donors (Lipinski definition) is 0. The highest BCUT2D eigenvalue weighted by Gasteiger charge is 2.20. The van der Waals surface area contributed by atoms with Crippen LogP contribution in [0.2, 0.25) is 0 Å². The first-order chi connectivity index (χ1) is 8.69. The van der Waals surface area contributed by atoms with Gasteiger partial charge in [-0.2, -0.15) is 0 Å². The fourth-order valence-electron chi connectivity index (χ4n) is 2.36. The second-order valence-corrected chi connectivity index (χ2v) is 4.47. The molecule has 3 nitrogen and oxygen atoms in total. The lowest BCUT2D eigenvalue weighted by Crippen LogP contribution is -2.35. The van der Waals surface area contributed by atoms with Crippen molar-refractivity contribution in [3.05, 3.63) is 36.5 Å². The molecule has 1 amide bonds. The van der Waals surface area contributed by atoms with Crippen molar-refractivity contribution in [1.82, 2.24) is 9.47 Å². The minimum Gasteiger partial charge on any atom is -0.341 e. The number of para-hydroxylation sites is 1. The van der Waals surface area contributed by atoms with E-state index in [0.29, 0.717) is 0 Å². The Hall–Kier alpha value is -1.77. The quantitative estimate of drug-likeness (QED) is 0.811. The Morgan fingerprint density at radius 1 is 1.22 bits per heavy atom. The summed E-state index contributed by atoms with van der Waals surface area (Å²) in [4.78, 5) is 14.2. The molecule has 2 aromatic rings. The van der Waals surface area contributed by atoms with E-state index >= 15 is 0 Å². The molecule has 0 aliphatic rings. The highest BCUT2D eigenvalue weighted by molar-refractivity contribution is 5.85. The van der Waals surface area contributed by atoms with E-state index in [0.717, 1.165) is 18.6 Å². The molecule has 1 heterocycles. The van der Waals surface area contributed by atoms with Crippen LogP contribution in [0.5, 0.6) is 0 Å². The molecule has 0 aliphatic carbocycles. The summed E-state index contributed by atoms with van der Waals surface area (Å²) >= 11 is 0. The number of hydrogen-bond acceptors (Lipinski definition) is 1. The summed E-state index contributed by atoms with van der Waals surface area (Å²) in [5.41, 5.74) is 1.12. The smallest absolute Gasteiger partial charge is 0.245 e. The predicted molar refractivity (Wildman–Crippen MR) is 74.6 cm³/mol. The average Bonchev–Trinajstić information content (AvgIpc) is 2.83. The van der Waals surface area contributed by atoms with Gasteiger partial charge in [-0.15, -0.1) is 0 Å². The first kappa shape index (κ1) is 12.7. The Balaban J connectivity index is 2.33. The third-order valence-electron chi connectivity index (χ3n) is 3.48. The molecule has 0 saturated heterocycles. The summed E-state index contributed by atoms with van der Waals surface area (Å²) in [6, 6.07) is 10.1. The summed E-state index contributed by atoms with van der Waals surface area (Å²) in [6.45, 7) is 7.52. The number of nitrogens with zero attached hydrogens (tertiary/aromatic N) is 2. The van der Waals surface area contributed by atoms with Crippen molar-refractivity contribution in [2.24, 2.45) is 0 Å². The van der Waals surface area contributed by atoms with Crippen LogP contribution in [0.3, 0.4) is 0 Å². The van der Waals surface area contributed by atoms with Gasteiger partial charge in [0.1, 0.15) is 6.04 Å². The van der Waals surface area contributed by atoms with Gasteiger partial charge >= 0.3 is 0 Å². The van der Waals surface area contributed by atoms with Crippen molar-refractivity contribution in [3.63, 3.8) is 0 Å². The van der Waals surface area contributed by atoms with Crippen LogP contribution in [0.25, 0.3) is 10.9 Å². The monoisotopic (exact) mass is 244 g/mol. The zero-order valence-corrected chi connectivity index (χ0v) is 11.3. The minimum absolute atomic E-state index is 0.148. The van der Waals surface area contributed by atoms with E-state index < -0.39 is 0 Å². The Bertz CT molecular complexity index is 540. The zero-order valence-electron chi connectivity index (χ0n) is 11.3. The average molecular weight is 244 g/mol. The predicted octanol–water partition coefficient (Wildman–Crippen LogP) is 3.07. The molecule has 18 heavy (non-hydrogen) atoms. The second kappa shape index (κ2) is 5.25. The molecule has 0 fully saturated rings. The summed E-state index contributed by atoms with van der Waals surface area (Å²) in [7, 11) is 0. The molecule has 96 valence electrons. The van der Waals surface area contributed by atoms with Gasteiger partial charge in [-0.1, -0.05) is 18.2 Å². The van der Waals surface area contributed by atoms with Crippen molar-refractivity contribution in [2.75, 3.05) is 13.1 Å². The number of likely N-dealkylation sites (N-methyl/N-ethyl adjacent to an activating group) is 1. The van der Waals surface area contributed by atoms with Gasteiger partial charge in [0.15, 0.2) is 0 Å². The SMILES string of the molecule is CCN(CC)C(=O)C(C)n1ccc2ccccc21. The summed E-state index contributed by atoms with van der Waals surface area (Å²) < 4.78 is 2.05. The van der Waals surface area contributed by atoms with Crippen LogP contribution in [0.4, 0.5) is 0 Å². The fraction of sp³-hybridized carbons (Fsp3) is 0.400. The number of fused-ring (bicyclic) bond motifs is 1. The van der Waals surface area contributed by atoms with Crippen molar-refractivity contribution < 1.29 is 4.79 Å². The molecule has 0 N–H and O–H groups in total. The van der Waals surface area contributed by atoms with Gasteiger partial charge < -0.3 is 9.47 Å². The van der Waals surface area contributed by atoms with E-state index in [2.05, 4.69) is 22.8 Å². The number of carbonyl (C=O) groups is 1. The van der Waals surface area contributed by atoms with Crippen LogP contribution in [0.1, 0.15) is 26.8 Å². The van der Waals surface area contributed by atoms with E-state index in [1.165, 1.54) is 5.39 Å². The summed E-state index contributed by atoms with van der Waals surface area (Å²) in [6.07, 6.45) is 2.00. The van der Waals surface area contributed by atoms with Crippen LogP contribution in [-0.4, -0.2) is 28.5 Å². The largest absolute Gasteiger partial charge is 0.341 e. The van der Waals surface area contributed by atoms with Crippen LogP contribution < -0.4 is 0 Å². The number of amides is 1. The highest BCUT2D eigenvalue weighted by atomic mass is 16.2. The van der Waals surface area contributed by atoms with E-state index in [4.69, 9.17) is 0 Å². The maximum absolute atomic E-state index is 12.4. The van der Waals surface area contributed by atoms with Crippen LogP contribution >= 0.6 is 0 Å². The molecule has 0 spiro atoms. The standard InChI is InChI=1S/C15H20N2O/c1-4-16(5-2)15(18)12(3)17-11-10-13-8-6-7-9-14(13)17/h6-12H,4-5H2,1-3H3. The Morgan fingerprint density at radius 2 is 1.89 bits per heavy atom. The van der Waals surface area contributed by atoms with E-state index in [1.807, 2.05) is 44.0 Å². The number of rotatable bonds is 4. The molecule has 2 rings (SSSR count). The van der Waals surface area contributed by atoms with Gasteiger partial charge in [0.2, 0.25) is 5.91 Å². The molecule has 0 aliphatic heterocycles. The van der Waals surface area contributed by atoms with Gasteiger partial charge in [0.25, 0.3) is 0 Å². The number of carbonyl (C=O) groups excluding carboxylic acids is 1. The van der Waals surface area contributed by atoms with Gasteiger partial charge in [0.05, 0.1) is 0 Å². The Morgan fingerprint density at radius 3 is 2.56 bits per heavy atom. The van der Waals surface area contributed by atoms with E-state index in [1.54, 1.807) is 0 Å². The highest BCUT2D eigenvalue weighted by Crippen LogP contribution is 2.21. The molecular weight excluding hydrogens is 224 g/mol. The zero-order chi connectivity index (χ0) is 13.1. The van der Waals surface area contributed by atoms with Crippen LogP contribution in [0, 0.1) is 0 Å². The maximum Gasteiger partial charge on any atom is 0.245 e. The van der Waals surface area contributed by atoms with Gasteiger partial charge in [-0.3, -0.25) is 4.79 Å². The molecule has 1 unspecified atom stereocenters. The lowest BCUT2D eigenvalue weighted by molar-refractivity contribution is -0.133. The second-order valence-electron chi connectivity index (χ2n) is 4.47. The first-order valence-corrected chi connectivity index (χ1v) is 6.53. The van der Waals surface area contributed by atoms with Crippen molar-refractivity contribution in [3.8, 4) is 0 Å². The normalized spacial score (nSPS) is 12.6. The third-order valence-corrected chi connectivity index (χ3v) is 3.48. The van der Waals surface area contributed by atoms with Gasteiger partial charge in [-0.25, -0.2) is 0 Å². The molecule has 1 aromatic heterocycles. The molecule has 1 aromatic carbocycles. The molecule has 3 heteroatoms. The van der Waals surface area contributed by atoms with Crippen molar-refractivity contribution in [1.29, 1.82) is 0 Å². The first-order valence-electron chi connectivity index (χ1n) is 6.53. The van der Waals surface area contributed by atoms with Crippen molar-refractivity contribution >= 4 is 16.8 Å². The summed E-state index contributed by atoms with van der Waals surface area (Å²) in [5, 5.41) is 1.18. The number of aromatic nitrogens is 1. The van der Waals surface area contributed by atoms with E-state index in [9.17, 15) is 4.79 Å². The Labute approximate surface area is 108 Å². The van der Waals surface area contributed by atoms with Crippen molar-refractivity contribution in [2.45, 2.75) is 26.8 Å². The minimum atomic E-state index is -0.148. The fourth-order valence-corrected chi connectivity index (χ4v) is 2.36. The third kappa shape index (κ3) is 2.13. The molecular formula is C15H20N2O. The summed E-state index contributed by atoms with van der Waals surface area (Å²) in [5.74, 6) is 0.182. The van der Waals surface area contributed by atoms with Gasteiger partial charge in [0, 0.05) is 24.8 Å².